The summed E-state index contributed by atoms with van der Waals surface area (Å²) < 4.78 is 2.80. The zero-order chi connectivity index (χ0) is 15.7. The number of thioether (sulfide) groups is 1. The van der Waals surface area contributed by atoms with Gasteiger partial charge in [0.1, 0.15) is 0 Å². The van der Waals surface area contributed by atoms with Gasteiger partial charge in [-0.1, -0.05) is 27.7 Å². The van der Waals surface area contributed by atoms with Crippen LogP contribution in [0.2, 0.25) is 0 Å². The lowest BCUT2D eigenvalue weighted by Gasteiger charge is -2.06. The number of amidine groups is 1. The first kappa shape index (κ1) is 15.3. The second-order valence-corrected chi connectivity index (χ2v) is 6.92. The van der Waals surface area contributed by atoms with Gasteiger partial charge in [0.15, 0.2) is 5.17 Å². The maximum absolute atomic E-state index is 12.5. The monoisotopic (exact) mass is 378 g/mol. The Labute approximate surface area is 141 Å². The smallest absolute Gasteiger partial charge is 0.260 e. The van der Waals surface area contributed by atoms with Gasteiger partial charge in [0.25, 0.3) is 5.91 Å². The number of aromatic nitrogens is 2. The summed E-state index contributed by atoms with van der Waals surface area (Å²) in [5, 5.41) is 8.06. The van der Waals surface area contributed by atoms with Gasteiger partial charge in [-0.3, -0.25) is 9.79 Å². The maximum atomic E-state index is 12.5. The molecular formula is C15H15BrN4OS. The first-order valence-corrected chi connectivity index (χ1v) is 8.65. The summed E-state index contributed by atoms with van der Waals surface area (Å²) in [6.45, 7) is 4.51. The Morgan fingerprint density at radius 2 is 2.05 bits per heavy atom. The molecule has 3 rings (SSSR count). The van der Waals surface area contributed by atoms with Crippen LogP contribution in [0.4, 0.5) is 0 Å². The van der Waals surface area contributed by atoms with Crippen molar-refractivity contribution in [2.75, 3.05) is 12.3 Å². The van der Waals surface area contributed by atoms with Crippen molar-refractivity contribution < 1.29 is 4.79 Å². The second-order valence-electron chi connectivity index (χ2n) is 4.92. The molecule has 0 saturated carbocycles. The predicted octanol–water partition coefficient (Wildman–Crippen LogP) is 3.08. The molecule has 0 saturated heterocycles. The van der Waals surface area contributed by atoms with Gasteiger partial charge in [-0.05, 0) is 38.1 Å². The van der Waals surface area contributed by atoms with Crippen LogP contribution in [0.5, 0.6) is 0 Å². The SMILES string of the molecule is Cc1nn(-c2ccc(Br)cc2)c(C)c1C(=O)NC1=NCCS1. The third-order valence-electron chi connectivity index (χ3n) is 3.40. The van der Waals surface area contributed by atoms with E-state index in [1.165, 1.54) is 0 Å². The molecule has 0 atom stereocenters. The van der Waals surface area contributed by atoms with E-state index in [2.05, 4.69) is 31.3 Å². The van der Waals surface area contributed by atoms with Crippen molar-refractivity contribution in [2.24, 2.45) is 4.99 Å². The van der Waals surface area contributed by atoms with Crippen molar-refractivity contribution in [1.82, 2.24) is 15.1 Å². The molecule has 1 N–H and O–H groups in total. The van der Waals surface area contributed by atoms with Crippen molar-refractivity contribution in [1.29, 1.82) is 0 Å². The molecule has 7 heteroatoms. The Kier molecular flexibility index (Phi) is 4.35. The van der Waals surface area contributed by atoms with Gasteiger partial charge < -0.3 is 5.32 Å². The Morgan fingerprint density at radius 3 is 2.68 bits per heavy atom. The lowest BCUT2D eigenvalue weighted by atomic mass is 10.2. The highest BCUT2D eigenvalue weighted by molar-refractivity contribution is 9.10. The Morgan fingerprint density at radius 1 is 1.32 bits per heavy atom. The van der Waals surface area contributed by atoms with Crippen LogP contribution in [0.3, 0.4) is 0 Å². The number of aliphatic imine (C=N–C) groups is 1. The van der Waals surface area contributed by atoms with Gasteiger partial charge >= 0.3 is 0 Å². The number of nitrogens with zero attached hydrogens (tertiary/aromatic N) is 3. The van der Waals surface area contributed by atoms with Crippen LogP contribution in [0.15, 0.2) is 33.7 Å². The fourth-order valence-electron chi connectivity index (χ4n) is 2.38. The number of hydrogen-bond acceptors (Lipinski definition) is 4. The highest BCUT2D eigenvalue weighted by atomic mass is 79.9. The number of carbonyl (C=O) groups excluding carboxylic acids is 1. The molecule has 0 spiro atoms. The van der Waals surface area contributed by atoms with E-state index in [4.69, 9.17) is 0 Å². The summed E-state index contributed by atoms with van der Waals surface area (Å²) in [5.41, 5.74) is 3.07. The van der Waals surface area contributed by atoms with Crippen molar-refractivity contribution in [3.8, 4) is 5.69 Å². The average Bonchev–Trinajstić information content (AvgIpc) is 3.08. The first-order chi connectivity index (χ1) is 10.6. The molecule has 1 aromatic carbocycles. The minimum atomic E-state index is -0.147. The summed E-state index contributed by atoms with van der Waals surface area (Å²) in [6, 6.07) is 7.83. The normalized spacial score (nSPS) is 14.0. The standard InChI is InChI=1S/C15H15BrN4OS/c1-9-13(14(21)18-15-17-7-8-22-15)10(2)20(19-9)12-5-3-11(16)4-6-12/h3-6H,7-8H2,1-2H3,(H,17,18,21). The van der Waals surface area contributed by atoms with Crippen LogP contribution in [-0.2, 0) is 0 Å². The van der Waals surface area contributed by atoms with Gasteiger partial charge in [0.05, 0.1) is 29.2 Å². The molecule has 0 bridgehead atoms. The molecule has 0 unspecified atom stereocenters. The highest BCUT2D eigenvalue weighted by Gasteiger charge is 2.21. The Hall–Kier alpha value is -1.60. The van der Waals surface area contributed by atoms with Crippen molar-refractivity contribution >= 4 is 38.8 Å². The fourth-order valence-corrected chi connectivity index (χ4v) is 3.36. The van der Waals surface area contributed by atoms with Crippen molar-refractivity contribution in [2.45, 2.75) is 13.8 Å². The number of amides is 1. The van der Waals surface area contributed by atoms with Crippen LogP contribution >= 0.6 is 27.7 Å². The fraction of sp³-hybridized carbons (Fsp3) is 0.267. The largest absolute Gasteiger partial charge is 0.301 e. The van der Waals surface area contributed by atoms with E-state index in [1.54, 1.807) is 16.4 Å². The van der Waals surface area contributed by atoms with Gasteiger partial charge in [-0.25, -0.2) is 4.68 Å². The highest BCUT2D eigenvalue weighted by Crippen LogP contribution is 2.20. The zero-order valence-corrected chi connectivity index (χ0v) is 14.7. The zero-order valence-electron chi connectivity index (χ0n) is 12.3. The number of aryl methyl sites for hydroxylation is 1. The lowest BCUT2D eigenvalue weighted by Crippen LogP contribution is -2.28. The Balaban J connectivity index is 1.92. The molecule has 114 valence electrons. The molecule has 1 aromatic heterocycles. The molecule has 1 amide bonds. The maximum Gasteiger partial charge on any atom is 0.260 e. The van der Waals surface area contributed by atoms with Crippen LogP contribution in [0.25, 0.3) is 5.69 Å². The minimum absolute atomic E-state index is 0.147. The third kappa shape index (κ3) is 2.96. The number of hydrogen-bond donors (Lipinski definition) is 1. The summed E-state index contributed by atoms with van der Waals surface area (Å²) in [7, 11) is 0. The molecule has 0 radical (unpaired) electrons. The number of rotatable bonds is 2. The van der Waals surface area contributed by atoms with Gasteiger partial charge in [-0.2, -0.15) is 5.10 Å². The molecule has 2 aromatic rings. The quantitative estimate of drug-likeness (QED) is 0.873. The molecule has 1 aliphatic rings. The summed E-state index contributed by atoms with van der Waals surface area (Å²) >= 11 is 4.99. The number of carbonyl (C=O) groups is 1. The average molecular weight is 379 g/mol. The topological polar surface area (TPSA) is 59.3 Å². The number of halogens is 1. The van der Waals surface area contributed by atoms with Crippen LogP contribution in [0, 0.1) is 13.8 Å². The van der Waals surface area contributed by atoms with Crippen molar-refractivity contribution in [3.63, 3.8) is 0 Å². The number of benzene rings is 1. The van der Waals surface area contributed by atoms with E-state index < -0.39 is 0 Å². The molecule has 2 heterocycles. The van der Waals surface area contributed by atoms with E-state index >= 15 is 0 Å². The molecule has 5 nitrogen and oxygen atoms in total. The van der Waals surface area contributed by atoms with Gasteiger partial charge in [-0.15, -0.1) is 0 Å². The van der Waals surface area contributed by atoms with E-state index in [1.807, 2.05) is 38.1 Å². The van der Waals surface area contributed by atoms with E-state index in [0.29, 0.717) is 16.4 Å². The second kappa shape index (κ2) is 6.26. The van der Waals surface area contributed by atoms with E-state index in [0.717, 1.165) is 28.2 Å². The summed E-state index contributed by atoms with van der Waals surface area (Å²) in [6.07, 6.45) is 0. The van der Waals surface area contributed by atoms with E-state index in [-0.39, 0.29) is 5.91 Å². The first-order valence-electron chi connectivity index (χ1n) is 6.87. The van der Waals surface area contributed by atoms with Gasteiger partial charge in [0.2, 0.25) is 0 Å². The van der Waals surface area contributed by atoms with Gasteiger partial charge in [0, 0.05) is 10.2 Å². The van der Waals surface area contributed by atoms with Crippen LogP contribution < -0.4 is 5.32 Å². The molecular weight excluding hydrogens is 364 g/mol. The predicted molar refractivity (Wildman–Crippen MR) is 93.0 cm³/mol. The molecule has 0 fully saturated rings. The van der Waals surface area contributed by atoms with E-state index in [9.17, 15) is 4.79 Å². The minimum Gasteiger partial charge on any atom is -0.301 e. The summed E-state index contributed by atoms with van der Waals surface area (Å²) in [4.78, 5) is 16.7. The lowest BCUT2D eigenvalue weighted by molar-refractivity contribution is 0.0977. The van der Waals surface area contributed by atoms with Crippen LogP contribution in [0.1, 0.15) is 21.7 Å². The number of nitrogens with one attached hydrogen (secondary N) is 1. The molecule has 22 heavy (non-hydrogen) atoms. The summed E-state index contributed by atoms with van der Waals surface area (Å²) in [5.74, 6) is 0.776. The molecule has 1 aliphatic heterocycles. The molecule has 0 aliphatic carbocycles. The van der Waals surface area contributed by atoms with Crippen molar-refractivity contribution in [3.05, 3.63) is 45.7 Å². The van der Waals surface area contributed by atoms with Crippen LogP contribution in [-0.4, -0.2) is 33.2 Å². The third-order valence-corrected chi connectivity index (χ3v) is 4.82. The Bertz CT molecular complexity index is 752.